The Hall–Kier alpha value is -2.21. The molecule has 0 aliphatic rings. The highest BCUT2D eigenvalue weighted by Gasteiger charge is 2.35. The van der Waals surface area contributed by atoms with Crippen molar-refractivity contribution in [2.75, 3.05) is 31.8 Å². The van der Waals surface area contributed by atoms with Gasteiger partial charge in [0.05, 0.1) is 12.9 Å². The number of carbonyl (C=O) groups excluding carboxylic acids is 1. The van der Waals surface area contributed by atoms with Gasteiger partial charge in [-0.05, 0) is 18.6 Å². The molecule has 0 saturated heterocycles. The lowest BCUT2D eigenvalue weighted by molar-refractivity contribution is -0.150. The topological polar surface area (TPSA) is 142 Å². The minimum Gasteiger partial charge on any atom is -0.481 e. The molecule has 0 saturated carbocycles. The molecule has 1 rings (SSSR count). The minimum absolute atomic E-state index is 0.00269. The molecule has 0 aromatic heterocycles. The van der Waals surface area contributed by atoms with E-state index >= 15 is 0 Å². The first-order valence-electron chi connectivity index (χ1n) is 8.55. The van der Waals surface area contributed by atoms with E-state index < -0.39 is 40.4 Å². The summed E-state index contributed by atoms with van der Waals surface area (Å²) in [5.41, 5.74) is 0.178. The van der Waals surface area contributed by atoms with Crippen molar-refractivity contribution in [2.45, 2.75) is 18.9 Å². The fourth-order valence-corrected chi connectivity index (χ4v) is 3.08. The van der Waals surface area contributed by atoms with E-state index in [-0.39, 0.29) is 37.6 Å². The van der Waals surface area contributed by atoms with Crippen molar-refractivity contribution in [3.05, 3.63) is 35.9 Å². The lowest BCUT2D eigenvalue weighted by atomic mass is 10.1. The van der Waals surface area contributed by atoms with Gasteiger partial charge in [0.2, 0.25) is 0 Å². The number of hydrogen-bond donors (Lipinski definition) is 2. The predicted octanol–water partition coefficient (Wildman–Crippen LogP) is 0.879. The lowest BCUT2D eigenvalue weighted by Crippen LogP contribution is -2.56. The van der Waals surface area contributed by atoms with Gasteiger partial charge in [-0.1, -0.05) is 18.2 Å². The highest BCUT2D eigenvalue weighted by Crippen LogP contribution is 2.17. The van der Waals surface area contributed by atoms with E-state index in [1.54, 1.807) is 18.2 Å². The smallest absolute Gasteiger partial charge is 0.328 e. The Kier molecular flexibility index (Phi) is 10.0. The van der Waals surface area contributed by atoms with Crippen molar-refractivity contribution >= 4 is 39.6 Å². The van der Waals surface area contributed by atoms with Crippen LogP contribution in [0.25, 0.3) is 0 Å². The largest absolute Gasteiger partial charge is 0.481 e. The predicted molar refractivity (Wildman–Crippen MR) is 104 cm³/mol. The van der Waals surface area contributed by atoms with Gasteiger partial charge in [0.15, 0.2) is 0 Å². The molecule has 1 amide bonds. The van der Waals surface area contributed by atoms with Crippen molar-refractivity contribution in [3.8, 4) is 0 Å². The zero-order valence-electron chi connectivity index (χ0n) is 15.7. The van der Waals surface area contributed by atoms with Crippen LogP contribution in [0.4, 0.5) is 0 Å². The molecule has 0 bridgehead atoms. The molecule has 0 unspecified atom stereocenters. The zero-order valence-corrected chi connectivity index (χ0v) is 17.3. The summed E-state index contributed by atoms with van der Waals surface area (Å²) in [6.07, 6.45) is 0.0255. The number of nitrogens with zero attached hydrogens (tertiary/aromatic N) is 2. The molecule has 0 radical (unpaired) electrons. The van der Waals surface area contributed by atoms with Crippen LogP contribution in [0.1, 0.15) is 23.2 Å². The average Bonchev–Trinajstić information content (AvgIpc) is 2.63. The maximum atomic E-state index is 13.1. The summed E-state index contributed by atoms with van der Waals surface area (Å²) in [4.78, 5) is 35.9. The molecular weight excluding hydrogens is 428 g/mol. The molecule has 0 heterocycles. The van der Waals surface area contributed by atoms with Gasteiger partial charge < -0.3 is 10.2 Å². The highest BCUT2D eigenvalue weighted by molar-refractivity contribution is 7.85. The molecule has 1 aromatic carbocycles. The Morgan fingerprint density at radius 1 is 1.14 bits per heavy atom. The summed E-state index contributed by atoms with van der Waals surface area (Å²) in [5, 5.41) is 20.8. The van der Waals surface area contributed by atoms with Crippen LogP contribution in [-0.2, 0) is 23.9 Å². The van der Waals surface area contributed by atoms with Gasteiger partial charge in [0.25, 0.3) is 16.0 Å². The van der Waals surface area contributed by atoms with Crippen LogP contribution in [0, 0.1) is 0 Å². The quantitative estimate of drug-likeness (QED) is 0.254. The Balaban J connectivity index is 3.26. The first-order valence-corrected chi connectivity index (χ1v) is 10.9. The van der Waals surface area contributed by atoms with Gasteiger partial charge in [-0.25, -0.2) is 9.80 Å². The summed E-state index contributed by atoms with van der Waals surface area (Å²) in [6, 6.07) is 6.33. The van der Waals surface area contributed by atoms with Crippen molar-refractivity contribution in [3.63, 3.8) is 0 Å². The molecule has 0 aliphatic carbocycles. The van der Waals surface area contributed by atoms with Crippen LogP contribution in [0.15, 0.2) is 30.3 Å². The van der Waals surface area contributed by atoms with Crippen LogP contribution in [0.3, 0.4) is 0 Å². The van der Waals surface area contributed by atoms with Crippen molar-refractivity contribution in [2.24, 2.45) is 0 Å². The Labute approximate surface area is 173 Å². The molecule has 10 nitrogen and oxygen atoms in total. The molecule has 2 N–H and O–H groups in total. The number of carbonyl (C=O) groups is 3. The highest BCUT2D eigenvalue weighted by atomic mass is 35.5. The van der Waals surface area contributed by atoms with E-state index in [1.165, 1.54) is 17.1 Å². The van der Waals surface area contributed by atoms with E-state index in [2.05, 4.69) is 4.18 Å². The van der Waals surface area contributed by atoms with E-state index in [4.69, 9.17) is 16.7 Å². The second-order valence-corrected chi connectivity index (χ2v) is 7.99. The van der Waals surface area contributed by atoms with E-state index in [0.717, 1.165) is 11.3 Å². The fraction of sp³-hybridized carbons (Fsp3) is 0.471. The molecular formula is C17H23ClN2O8S. The molecule has 162 valence electrons. The number of rotatable bonds is 13. The van der Waals surface area contributed by atoms with Crippen LogP contribution in [0.2, 0.25) is 0 Å². The van der Waals surface area contributed by atoms with Crippen LogP contribution in [-0.4, -0.2) is 84.4 Å². The molecule has 0 fully saturated rings. The van der Waals surface area contributed by atoms with Crippen LogP contribution < -0.4 is 0 Å². The maximum Gasteiger partial charge on any atom is 0.328 e. The van der Waals surface area contributed by atoms with Crippen molar-refractivity contribution in [1.29, 1.82) is 0 Å². The van der Waals surface area contributed by atoms with E-state index in [1.807, 2.05) is 0 Å². The molecule has 1 aromatic rings. The SMILES string of the molecule is CS(=O)(=O)OCCN(CCCl)N(C(=O)c1ccccc1)[C@@H](CCC(=O)O)C(=O)O. The molecule has 12 heteroatoms. The number of hydrazine groups is 1. The number of halogens is 1. The second kappa shape index (κ2) is 11.7. The molecule has 0 aliphatic heterocycles. The van der Waals surface area contributed by atoms with Gasteiger partial charge >= 0.3 is 11.9 Å². The Morgan fingerprint density at radius 3 is 2.24 bits per heavy atom. The van der Waals surface area contributed by atoms with Gasteiger partial charge in [-0.15, -0.1) is 11.6 Å². The third-order valence-corrected chi connectivity index (χ3v) is 4.50. The molecule has 1 atom stereocenters. The number of carboxylic acid groups (broad SMARTS) is 2. The van der Waals surface area contributed by atoms with Crippen molar-refractivity contribution < 1.29 is 37.2 Å². The number of aliphatic carboxylic acids is 2. The second-order valence-electron chi connectivity index (χ2n) is 5.97. The number of amides is 1. The third kappa shape index (κ3) is 8.77. The summed E-state index contributed by atoms with van der Waals surface area (Å²) in [6.45, 7) is -0.501. The standard InChI is InChI=1S/C17H23ClN2O8S/c1-29(26,27)28-12-11-19(10-9-18)20(14(17(24)25)7-8-15(21)22)16(23)13-5-3-2-4-6-13/h2-6,14H,7-12H2,1H3,(H,21,22)(H,24,25)/t14-/m0/s1. The van der Waals surface area contributed by atoms with Crippen LogP contribution in [0.5, 0.6) is 0 Å². The maximum absolute atomic E-state index is 13.1. The van der Waals surface area contributed by atoms with Gasteiger partial charge in [-0.2, -0.15) is 8.42 Å². The lowest BCUT2D eigenvalue weighted by Gasteiger charge is -2.38. The molecule has 0 spiro atoms. The third-order valence-electron chi connectivity index (χ3n) is 3.73. The first-order chi connectivity index (χ1) is 13.6. The summed E-state index contributed by atoms with van der Waals surface area (Å²) >= 11 is 5.79. The fourth-order valence-electron chi connectivity index (χ4n) is 2.51. The minimum atomic E-state index is -3.75. The Bertz CT molecular complexity index is 803. The normalized spacial score (nSPS) is 12.5. The number of carboxylic acids is 2. The van der Waals surface area contributed by atoms with Gasteiger partial charge in [0, 0.05) is 31.0 Å². The zero-order chi connectivity index (χ0) is 22.0. The summed E-state index contributed by atoms with van der Waals surface area (Å²) in [7, 11) is -3.75. The van der Waals surface area contributed by atoms with Crippen LogP contribution >= 0.6 is 11.6 Å². The van der Waals surface area contributed by atoms with E-state index in [0.29, 0.717) is 0 Å². The average molecular weight is 451 g/mol. The van der Waals surface area contributed by atoms with Crippen molar-refractivity contribution in [1.82, 2.24) is 10.0 Å². The monoisotopic (exact) mass is 450 g/mol. The molecule has 29 heavy (non-hydrogen) atoms. The number of benzene rings is 1. The van der Waals surface area contributed by atoms with Gasteiger partial charge in [-0.3, -0.25) is 18.8 Å². The number of alkyl halides is 1. The Morgan fingerprint density at radius 2 is 1.76 bits per heavy atom. The summed E-state index contributed by atoms with van der Waals surface area (Å²) < 4.78 is 27.1. The summed E-state index contributed by atoms with van der Waals surface area (Å²) in [5.74, 6) is -3.30. The number of hydrogen-bond acceptors (Lipinski definition) is 7. The van der Waals surface area contributed by atoms with Gasteiger partial charge in [0.1, 0.15) is 6.04 Å². The first kappa shape index (κ1) is 24.8. The van der Waals surface area contributed by atoms with E-state index in [9.17, 15) is 27.9 Å².